The van der Waals surface area contributed by atoms with E-state index in [0.717, 1.165) is 5.69 Å². The third-order valence-corrected chi connectivity index (χ3v) is 1.83. The standard InChI is InChI=1S/C8H8.C6H7N/c1-2-8-6-4-3-5-7-8;7-6-4-2-1-3-5-6/h2-7H,1H2;1-5H,7H2. The molecule has 0 bridgehead atoms. The van der Waals surface area contributed by atoms with E-state index in [4.69, 9.17) is 5.73 Å². The number of hydrogen-bond acceptors (Lipinski definition) is 1. The van der Waals surface area contributed by atoms with Gasteiger partial charge in [0.1, 0.15) is 0 Å². The lowest BCUT2D eigenvalue weighted by atomic mass is 10.2. The van der Waals surface area contributed by atoms with Gasteiger partial charge in [0.2, 0.25) is 0 Å². The zero-order valence-electron chi connectivity index (χ0n) is 8.64. The lowest BCUT2D eigenvalue weighted by Gasteiger charge is -1.85. The normalized spacial score (nSPS) is 8.53. The summed E-state index contributed by atoms with van der Waals surface area (Å²) in [4.78, 5) is 0. The van der Waals surface area contributed by atoms with Gasteiger partial charge < -0.3 is 5.73 Å². The van der Waals surface area contributed by atoms with Crippen molar-refractivity contribution >= 4 is 11.8 Å². The first kappa shape index (κ1) is 11.1. The highest BCUT2D eigenvalue weighted by molar-refractivity contribution is 5.45. The Balaban J connectivity index is 0.000000151. The van der Waals surface area contributed by atoms with Crippen LogP contribution in [0.2, 0.25) is 0 Å². The van der Waals surface area contributed by atoms with Crippen molar-refractivity contribution in [2.24, 2.45) is 0 Å². The van der Waals surface area contributed by atoms with Gasteiger partial charge in [-0.25, -0.2) is 0 Å². The van der Waals surface area contributed by atoms with E-state index in [1.54, 1.807) is 0 Å². The Morgan fingerprint density at radius 2 is 1.27 bits per heavy atom. The summed E-state index contributed by atoms with van der Waals surface area (Å²) < 4.78 is 0. The molecular weight excluding hydrogens is 182 g/mol. The van der Waals surface area contributed by atoms with Crippen molar-refractivity contribution < 1.29 is 0 Å². The lowest BCUT2D eigenvalue weighted by molar-refractivity contribution is 1.67. The van der Waals surface area contributed by atoms with Gasteiger partial charge in [-0.2, -0.15) is 0 Å². The molecule has 76 valence electrons. The molecule has 15 heavy (non-hydrogen) atoms. The van der Waals surface area contributed by atoms with E-state index in [1.807, 2.05) is 66.7 Å². The second-order valence-electron chi connectivity index (χ2n) is 3.03. The molecule has 0 aliphatic carbocycles. The van der Waals surface area contributed by atoms with Crippen LogP contribution in [0.5, 0.6) is 0 Å². The maximum atomic E-state index is 5.36. The molecule has 1 nitrogen and oxygen atoms in total. The van der Waals surface area contributed by atoms with E-state index in [9.17, 15) is 0 Å². The van der Waals surface area contributed by atoms with Crippen molar-refractivity contribution in [1.82, 2.24) is 0 Å². The first-order valence-electron chi connectivity index (χ1n) is 4.81. The fourth-order valence-corrected chi connectivity index (χ4v) is 1.04. The van der Waals surface area contributed by atoms with Crippen molar-refractivity contribution in [3.05, 3.63) is 72.8 Å². The highest BCUT2D eigenvalue weighted by Gasteiger charge is 1.75. The van der Waals surface area contributed by atoms with Crippen LogP contribution in [0, 0.1) is 0 Å². The van der Waals surface area contributed by atoms with Crippen LogP contribution in [0.15, 0.2) is 67.2 Å². The number of nitrogens with two attached hydrogens (primary N) is 1. The summed E-state index contributed by atoms with van der Waals surface area (Å²) >= 11 is 0. The number of para-hydroxylation sites is 1. The molecule has 0 aromatic heterocycles. The third-order valence-electron chi connectivity index (χ3n) is 1.83. The Kier molecular flexibility index (Phi) is 4.74. The van der Waals surface area contributed by atoms with E-state index in [2.05, 4.69) is 6.58 Å². The number of rotatable bonds is 1. The molecule has 2 N–H and O–H groups in total. The number of benzene rings is 2. The molecule has 0 fully saturated rings. The van der Waals surface area contributed by atoms with Crippen molar-refractivity contribution in [3.63, 3.8) is 0 Å². The highest BCUT2D eigenvalue weighted by Crippen LogP contribution is 1.97. The smallest absolute Gasteiger partial charge is 0.0313 e. The molecule has 0 saturated heterocycles. The van der Waals surface area contributed by atoms with E-state index >= 15 is 0 Å². The average Bonchev–Trinajstić information content (AvgIpc) is 2.32. The predicted octanol–water partition coefficient (Wildman–Crippen LogP) is 3.60. The molecule has 0 aliphatic heterocycles. The third kappa shape index (κ3) is 4.67. The van der Waals surface area contributed by atoms with Crippen molar-refractivity contribution in [2.75, 3.05) is 5.73 Å². The maximum absolute atomic E-state index is 5.36. The van der Waals surface area contributed by atoms with Crippen LogP contribution in [0.3, 0.4) is 0 Å². The minimum absolute atomic E-state index is 0.822. The Hall–Kier alpha value is -2.02. The summed E-state index contributed by atoms with van der Waals surface area (Å²) in [5.74, 6) is 0. The van der Waals surface area contributed by atoms with Gasteiger partial charge in [-0.15, -0.1) is 0 Å². The van der Waals surface area contributed by atoms with Gasteiger partial charge in [0.25, 0.3) is 0 Å². The van der Waals surface area contributed by atoms with E-state index in [0.29, 0.717) is 0 Å². The lowest BCUT2D eigenvalue weighted by Crippen LogP contribution is -1.79. The molecule has 0 unspecified atom stereocenters. The number of nitrogen functional groups attached to an aromatic ring is 1. The van der Waals surface area contributed by atoms with Gasteiger partial charge in [-0.05, 0) is 17.7 Å². The van der Waals surface area contributed by atoms with E-state index in [-0.39, 0.29) is 0 Å². The molecule has 0 heterocycles. The minimum atomic E-state index is 0.822. The summed E-state index contributed by atoms with van der Waals surface area (Å²) in [6, 6.07) is 19.5. The summed E-state index contributed by atoms with van der Waals surface area (Å²) in [6.07, 6.45) is 1.83. The Labute approximate surface area is 90.9 Å². The largest absolute Gasteiger partial charge is 0.399 e. The predicted molar refractivity (Wildman–Crippen MR) is 67.4 cm³/mol. The van der Waals surface area contributed by atoms with Gasteiger partial charge in [0.05, 0.1) is 0 Å². The van der Waals surface area contributed by atoms with Crippen molar-refractivity contribution in [1.29, 1.82) is 0 Å². The van der Waals surface area contributed by atoms with Crippen LogP contribution in [0.4, 0.5) is 5.69 Å². The fraction of sp³-hybridized carbons (Fsp3) is 0. The first-order chi connectivity index (χ1) is 7.33. The van der Waals surface area contributed by atoms with Crippen LogP contribution < -0.4 is 5.73 Å². The SMILES string of the molecule is C=Cc1ccccc1.Nc1ccccc1. The van der Waals surface area contributed by atoms with Crippen molar-refractivity contribution in [2.45, 2.75) is 0 Å². The monoisotopic (exact) mass is 197 g/mol. The Bertz CT molecular complexity index is 379. The minimum Gasteiger partial charge on any atom is -0.399 e. The van der Waals surface area contributed by atoms with Crippen LogP contribution >= 0.6 is 0 Å². The summed E-state index contributed by atoms with van der Waals surface area (Å²) in [7, 11) is 0. The number of hydrogen-bond donors (Lipinski definition) is 1. The molecule has 0 saturated carbocycles. The maximum Gasteiger partial charge on any atom is 0.0313 e. The van der Waals surface area contributed by atoms with Crippen molar-refractivity contribution in [3.8, 4) is 0 Å². The molecule has 2 aromatic rings. The van der Waals surface area contributed by atoms with Crippen LogP contribution in [0.1, 0.15) is 5.56 Å². The molecular formula is C14H15N. The van der Waals surface area contributed by atoms with Gasteiger partial charge in [0.15, 0.2) is 0 Å². The molecule has 0 radical (unpaired) electrons. The zero-order chi connectivity index (χ0) is 10.9. The second-order valence-corrected chi connectivity index (χ2v) is 3.03. The Morgan fingerprint density at radius 3 is 1.53 bits per heavy atom. The average molecular weight is 197 g/mol. The second kappa shape index (κ2) is 6.44. The molecule has 1 heteroatoms. The summed E-state index contributed by atoms with van der Waals surface area (Å²) in [5, 5.41) is 0. The fourth-order valence-electron chi connectivity index (χ4n) is 1.04. The van der Waals surface area contributed by atoms with Gasteiger partial charge >= 0.3 is 0 Å². The zero-order valence-corrected chi connectivity index (χ0v) is 8.64. The molecule has 2 rings (SSSR count). The van der Waals surface area contributed by atoms with Crippen LogP contribution in [0.25, 0.3) is 6.08 Å². The molecule has 0 atom stereocenters. The molecule has 0 amide bonds. The molecule has 0 aliphatic rings. The molecule has 2 aromatic carbocycles. The van der Waals surface area contributed by atoms with Gasteiger partial charge in [-0.3, -0.25) is 0 Å². The molecule has 0 spiro atoms. The van der Waals surface area contributed by atoms with Gasteiger partial charge in [0, 0.05) is 5.69 Å². The van der Waals surface area contributed by atoms with Crippen LogP contribution in [-0.2, 0) is 0 Å². The summed E-state index contributed by atoms with van der Waals surface area (Å²) in [5.41, 5.74) is 7.35. The topological polar surface area (TPSA) is 26.0 Å². The van der Waals surface area contributed by atoms with Gasteiger partial charge in [-0.1, -0.05) is 61.2 Å². The quantitative estimate of drug-likeness (QED) is 0.694. The highest BCUT2D eigenvalue weighted by atomic mass is 14.5. The summed E-state index contributed by atoms with van der Waals surface area (Å²) in [6.45, 7) is 3.63. The van der Waals surface area contributed by atoms with E-state index < -0.39 is 0 Å². The van der Waals surface area contributed by atoms with Crippen LogP contribution in [-0.4, -0.2) is 0 Å². The van der Waals surface area contributed by atoms with E-state index in [1.165, 1.54) is 5.56 Å². The first-order valence-corrected chi connectivity index (χ1v) is 4.81. The number of anilines is 1. The Morgan fingerprint density at radius 1 is 0.800 bits per heavy atom.